The van der Waals surface area contributed by atoms with Crippen molar-refractivity contribution in [2.24, 2.45) is 5.10 Å². The van der Waals surface area contributed by atoms with Gasteiger partial charge in [-0.3, -0.25) is 4.79 Å². The summed E-state index contributed by atoms with van der Waals surface area (Å²) < 4.78 is 6.34. The number of carbonyl (C=O) groups is 1. The summed E-state index contributed by atoms with van der Waals surface area (Å²) in [5.41, 5.74) is 2.52. The third-order valence-corrected chi connectivity index (χ3v) is 5.74. The van der Waals surface area contributed by atoms with Crippen LogP contribution in [0.4, 0.5) is 5.13 Å². The van der Waals surface area contributed by atoms with Crippen LogP contribution in [0.3, 0.4) is 0 Å². The molecule has 0 aliphatic carbocycles. The molecule has 0 N–H and O–H groups in total. The zero-order chi connectivity index (χ0) is 20.5. The van der Waals surface area contributed by atoms with Crippen LogP contribution in [0.1, 0.15) is 21.7 Å². The summed E-state index contributed by atoms with van der Waals surface area (Å²) in [5, 5.41) is 8.35. The first-order valence-electron chi connectivity index (χ1n) is 9.45. The zero-order valence-corrected chi connectivity index (χ0v) is 17.0. The maximum absolute atomic E-state index is 13.4. The lowest BCUT2D eigenvalue weighted by Crippen LogP contribution is -2.25. The molecule has 2 heterocycles. The molecule has 0 bridgehead atoms. The first-order valence-corrected chi connectivity index (χ1v) is 10.3. The molecule has 0 aliphatic rings. The van der Waals surface area contributed by atoms with Gasteiger partial charge < -0.3 is 4.42 Å². The second kappa shape index (κ2) is 7.57. The Morgan fingerprint density at radius 3 is 2.73 bits per heavy atom. The smallest absolute Gasteiger partial charge is 0.280 e. The van der Waals surface area contributed by atoms with Crippen LogP contribution < -0.4 is 5.01 Å². The molecule has 146 valence electrons. The highest BCUT2D eigenvalue weighted by atomic mass is 32.1. The van der Waals surface area contributed by atoms with Crippen LogP contribution in [0.2, 0.25) is 0 Å². The van der Waals surface area contributed by atoms with Gasteiger partial charge in [0.05, 0.1) is 22.7 Å². The molecule has 0 saturated carbocycles. The molecule has 30 heavy (non-hydrogen) atoms. The van der Waals surface area contributed by atoms with Gasteiger partial charge in [-0.2, -0.15) is 10.1 Å². The van der Waals surface area contributed by atoms with Gasteiger partial charge in [0.1, 0.15) is 5.76 Å². The summed E-state index contributed by atoms with van der Waals surface area (Å²) in [6.07, 6.45) is 3.09. The Morgan fingerprint density at radius 1 is 1.03 bits per heavy atom. The third-order valence-electron chi connectivity index (χ3n) is 4.75. The number of furan rings is 1. The Morgan fingerprint density at radius 2 is 1.90 bits per heavy atom. The fourth-order valence-electron chi connectivity index (χ4n) is 3.22. The van der Waals surface area contributed by atoms with E-state index in [9.17, 15) is 4.79 Å². The summed E-state index contributed by atoms with van der Waals surface area (Å²) in [7, 11) is 0. The normalized spacial score (nSPS) is 11.5. The van der Waals surface area contributed by atoms with Crippen LogP contribution in [0.25, 0.3) is 21.0 Å². The predicted molar refractivity (Wildman–Crippen MR) is 121 cm³/mol. The number of fused-ring (bicyclic) bond motifs is 2. The molecule has 0 saturated heterocycles. The lowest BCUT2D eigenvalue weighted by atomic mass is 10.1. The number of hydrogen-bond donors (Lipinski definition) is 0. The van der Waals surface area contributed by atoms with Crippen molar-refractivity contribution in [1.82, 2.24) is 4.98 Å². The van der Waals surface area contributed by atoms with Gasteiger partial charge in [-0.05, 0) is 59.7 Å². The average molecular weight is 411 g/mol. The van der Waals surface area contributed by atoms with E-state index in [1.165, 1.54) is 22.6 Å². The van der Waals surface area contributed by atoms with Gasteiger partial charge in [-0.15, -0.1) is 0 Å². The zero-order valence-electron chi connectivity index (χ0n) is 16.1. The van der Waals surface area contributed by atoms with Gasteiger partial charge in [0.15, 0.2) is 0 Å². The van der Waals surface area contributed by atoms with Crippen molar-refractivity contribution in [2.75, 3.05) is 5.01 Å². The van der Waals surface area contributed by atoms with Crippen molar-refractivity contribution >= 4 is 49.6 Å². The van der Waals surface area contributed by atoms with Crippen LogP contribution in [-0.2, 0) is 0 Å². The van der Waals surface area contributed by atoms with Crippen molar-refractivity contribution in [2.45, 2.75) is 6.92 Å². The Hall–Kier alpha value is -3.77. The SMILES string of the molecule is Cc1ccc2nc(N(/N=C/c3ccco3)C(=O)c3ccc4ccccc4c3)sc2c1. The minimum Gasteiger partial charge on any atom is -0.463 e. The van der Waals surface area contributed by atoms with Crippen LogP contribution in [0, 0.1) is 6.92 Å². The number of nitrogens with zero attached hydrogens (tertiary/aromatic N) is 3. The number of aromatic nitrogens is 1. The lowest BCUT2D eigenvalue weighted by molar-refractivity contribution is 0.0988. The third kappa shape index (κ3) is 3.49. The summed E-state index contributed by atoms with van der Waals surface area (Å²) >= 11 is 1.43. The van der Waals surface area contributed by atoms with Crippen molar-refractivity contribution in [3.8, 4) is 0 Å². The van der Waals surface area contributed by atoms with E-state index in [1.54, 1.807) is 18.4 Å². The molecule has 3 aromatic carbocycles. The van der Waals surface area contributed by atoms with Crippen molar-refractivity contribution < 1.29 is 9.21 Å². The molecule has 0 fully saturated rings. The summed E-state index contributed by atoms with van der Waals surface area (Å²) in [6.45, 7) is 2.03. The number of hydrogen-bond acceptors (Lipinski definition) is 5. The van der Waals surface area contributed by atoms with Gasteiger partial charge in [-0.1, -0.05) is 47.7 Å². The summed E-state index contributed by atoms with van der Waals surface area (Å²) in [4.78, 5) is 18.1. The largest absolute Gasteiger partial charge is 0.463 e. The van der Waals surface area contributed by atoms with Crippen LogP contribution in [0.15, 0.2) is 88.6 Å². The number of amides is 1. The number of anilines is 1. The number of carbonyl (C=O) groups excluding carboxylic acids is 1. The fraction of sp³-hybridized carbons (Fsp3) is 0.0417. The molecule has 0 atom stereocenters. The highest BCUT2D eigenvalue weighted by molar-refractivity contribution is 7.22. The molecule has 5 nitrogen and oxygen atoms in total. The summed E-state index contributed by atoms with van der Waals surface area (Å²) in [5.74, 6) is 0.308. The molecule has 2 aromatic heterocycles. The van der Waals surface area contributed by atoms with Crippen molar-refractivity contribution in [1.29, 1.82) is 0 Å². The number of thiazole rings is 1. The Bertz CT molecular complexity index is 1390. The van der Waals surface area contributed by atoms with E-state index in [1.807, 2.05) is 61.5 Å². The van der Waals surface area contributed by atoms with E-state index in [0.717, 1.165) is 26.6 Å². The molecular weight excluding hydrogens is 394 g/mol. The average Bonchev–Trinajstić information content (AvgIpc) is 3.43. The number of aryl methyl sites for hydroxylation is 1. The van der Waals surface area contributed by atoms with Gasteiger partial charge in [-0.25, -0.2) is 4.98 Å². The molecular formula is C24H17N3O2S. The number of benzene rings is 3. The highest BCUT2D eigenvalue weighted by Gasteiger charge is 2.21. The Balaban J connectivity index is 1.59. The fourth-order valence-corrected chi connectivity index (χ4v) is 4.24. The van der Waals surface area contributed by atoms with Gasteiger partial charge >= 0.3 is 0 Å². The predicted octanol–water partition coefficient (Wildman–Crippen LogP) is 6.03. The molecule has 0 radical (unpaired) electrons. The van der Waals surface area contributed by atoms with E-state index in [0.29, 0.717) is 16.5 Å². The first kappa shape index (κ1) is 18.3. The standard InChI is InChI=1S/C24H17N3O2S/c1-16-8-11-21-22(13-16)30-24(26-21)27(25-15-20-7-4-12-29-20)23(28)19-10-9-17-5-2-3-6-18(17)14-19/h2-15H,1H3/b25-15+. The molecule has 6 heteroatoms. The first-order chi connectivity index (χ1) is 14.7. The second-order valence-electron chi connectivity index (χ2n) is 6.91. The molecule has 0 unspecified atom stereocenters. The monoisotopic (exact) mass is 411 g/mol. The second-order valence-corrected chi connectivity index (χ2v) is 7.92. The van der Waals surface area contributed by atoms with Gasteiger partial charge in [0.25, 0.3) is 5.91 Å². The molecule has 1 amide bonds. The number of hydrazone groups is 1. The van der Waals surface area contributed by atoms with Gasteiger partial charge in [0.2, 0.25) is 5.13 Å². The summed E-state index contributed by atoms with van der Waals surface area (Å²) in [6, 6.07) is 23.2. The van der Waals surface area contributed by atoms with E-state index >= 15 is 0 Å². The van der Waals surface area contributed by atoms with Crippen LogP contribution in [0.5, 0.6) is 0 Å². The highest BCUT2D eigenvalue weighted by Crippen LogP contribution is 2.31. The van der Waals surface area contributed by atoms with E-state index in [2.05, 4.69) is 16.2 Å². The van der Waals surface area contributed by atoms with E-state index in [4.69, 9.17) is 4.42 Å². The Labute approximate surface area is 176 Å². The molecule has 0 aliphatic heterocycles. The van der Waals surface area contributed by atoms with E-state index in [-0.39, 0.29) is 5.91 Å². The topological polar surface area (TPSA) is 58.7 Å². The van der Waals surface area contributed by atoms with Crippen molar-refractivity contribution in [3.63, 3.8) is 0 Å². The number of rotatable bonds is 4. The van der Waals surface area contributed by atoms with Gasteiger partial charge in [0, 0.05) is 5.56 Å². The minimum atomic E-state index is -0.251. The molecule has 0 spiro atoms. The Kier molecular flexibility index (Phi) is 4.61. The lowest BCUT2D eigenvalue weighted by Gasteiger charge is -2.14. The van der Waals surface area contributed by atoms with Crippen molar-refractivity contribution in [3.05, 3.63) is 95.9 Å². The van der Waals surface area contributed by atoms with E-state index < -0.39 is 0 Å². The quantitative estimate of drug-likeness (QED) is 0.268. The van der Waals surface area contributed by atoms with Crippen LogP contribution >= 0.6 is 11.3 Å². The molecule has 5 aromatic rings. The maximum Gasteiger partial charge on any atom is 0.280 e. The minimum absolute atomic E-state index is 0.251. The maximum atomic E-state index is 13.4. The van der Waals surface area contributed by atoms with Crippen LogP contribution in [-0.4, -0.2) is 17.1 Å². The molecule has 5 rings (SSSR count).